The SMILES string of the molecule is CC1(C)CNCC1c1ccc(F)cc1F. The van der Waals surface area contributed by atoms with Crippen LogP contribution < -0.4 is 5.32 Å². The first-order chi connectivity index (χ1) is 7.00. The van der Waals surface area contributed by atoms with Gasteiger partial charge in [0.25, 0.3) is 0 Å². The summed E-state index contributed by atoms with van der Waals surface area (Å²) in [4.78, 5) is 0. The molecular formula is C12H15F2N. The van der Waals surface area contributed by atoms with Gasteiger partial charge in [-0.25, -0.2) is 8.78 Å². The van der Waals surface area contributed by atoms with Gasteiger partial charge in [0.2, 0.25) is 0 Å². The van der Waals surface area contributed by atoms with Crippen molar-refractivity contribution in [1.82, 2.24) is 5.32 Å². The van der Waals surface area contributed by atoms with Crippen molar-refractivity contribution in [2.45, 2.75) is 19.8 Å². The summed E-state index contributed by atoms with van der Waals surface area (Å²) in [7, 11) is 0. The van der Waals surface area contributed by atoms with Gasteiger partial charge in [-0.3, -0.25) is 0 Å². The highest BCUT2D eigenvalue weighted by Crippen LogP contribution is 2.39. The monoisotopic (exact) mass is 211 g/mol. The summed E-state index contributed by atoms with van der Waals surface area (Å²) in [6.45, 7) is 5.82. The Morgan fingerprint density at radius 1 is 1.33 bits per heavy atom. The highest BCUT2D eigenvalue weighted by molar-refractivity contribution is 5.26. The second kappa shape index (κ2) is 3.56. The van der Waals surface area contributed by atoms with Crippen molar-refractivity contribution in [2.75, 3.05) is 13.1 Å². The van der Waals surface area contributed by atoms with Crippen molar-refractivity contribution in [3.8, 4) is 0 Å². The normalized spacial score (nSPS) is 24.4. The Labute approximate surface area is 88.5 Å². The minimum atomic E-state index is -0.514. The van der Waals surface area contributed by atoms with Crippen molar-refractivity contribution in [1.29, 1.82) is 0 Å². The Morgan fingerprint density at radius 2 is 2.07 bits per heavy atom. The van der Waals surface area contributed by atoms with Crippen LogP contribution in [0.3, 0.4) is 0 Å². The van der Waals surface area contributed by atoms with Crippen LogP contribution >= 0.6 is 0 Å². The van der Waals surface area contributed by atoms with E-state index in [-0.39, 0.29) is 11.3 Å². The minimum Gasteiger partial charge on any atom is -0.316 e. The van der Waals surface area contributed by atoms with Crippen molar-refractivity contribution >= 4 is 0 Å². The van der Waals surface area contributed by atoms with Crippen LogP contribution in [-0.4, -0.2) is 13.1 Å². The molecular weight excluding hydrogens is 196 g/mol. The molecule has 15 heavy (non-hydrogen) atoms. The number of benzene rings is 1. The summed E-state index contributed by atoms with van der Waals surface area (Å²) in [5.41, 5.74) is 0.643. The molecule has 0 bridgehead atoms. The minimum absolute atomic E-state index is 0.0265. The first-order valence-electron chi connectivity index (χ1n) is 5.16. The molecule has 3 heteroatoms. The zero-order valence-electron chi connectivity index (χ0n) is 8.98. The fourth-order valence-corrected chi connectivity index (χ4v) is 2.25. The van der Waals surface area contributed by atoms with E-state index >= 15 is 0 Å². The lowest BCUT2D eigenvalue weighted by Crippen LogP contribution is -2.21. The van der Waals surface area contributed by atoms with Gasteiger partial charge in [-0.05, 0) is 17.0 Å². The van der Waals surface area contributed by atoms with Gasteiger partial charge in [0, 0.05) is 25.1 Å². The molecule has 0 radical (unpaired) electrons. The average molecular weight is 211 g/mol. The van der Waals surface area contributed by atoms with E-state index in [4.69, 9.17) is 0 Å². The van der Waals surface area contributed by atoms with E-state index < -0.39 is 11.6 Å². The first kappa shape index (κ1) is 10.6. The Morgan fingerprint density at radius 3 is 2.60 bits per heavy atom. The van der Waals surface area contributed by atoms with Crippen LogP contribution in [0.4, 0.5) is 8.78 Å². The third kappa shape index (κ3) is 1.88. The fourth-order valence-electron chi connectivity index (χ4n) is 2.25. The van der Waals surface area contributed by atoms with Gasteiger partial charge < -0.3 is 5.32 Å². The molecule has 1 heterocycles. The third-order valence-corrected chi connectivity index (χ3v) is 3.21. The maximum atomic E-state index is 13.6. The second-order valence-electron chi connectivity index (χ2n) is 4.84. The van der Waals surface area contributed by atoms with Gasteiger partial charge in [-0.1, -0.05) is 19.9 Å². The molecule has 1 saturated heterocycles. The third-order valence-electron chi connectivity index (χ3n) is 3.21. The van der Waals surface area contributed by atoms with Crippen molar-refractivity contribution in [3.05, 3.63) is 35.4 Å². The number of halogens is 2. The molecule has 1 aromatic rings. The van der Waals surface area contributed by atoms with Gasteiger partial charge in [0.05, 0.1) is 0 Å². The standard InChI is InChI=1S/C12H15F2N/c1-12(2)7-15-6-10(12)9-4-3-8(13)5-11(9)14/h3-5,10,15H,6-7H2,1-2H3. The topological polar surface area (TPSA) is 12.0 Å². The molecule has 0 aromatic heterocycles. The molecule has 0 aliphatic carbocycles. The molecule has 1 unspecified atom stereocenters. The lowest BCUT2D eigenvalue weighted by Gasteiger charge is -2.26. The van der Waals surface area contributed by atoms with E-state index in [1.165, 1.54) is 6.07 Å². The summed E-state index contributed by atoms with van der Waals surface area (Å²) >= 11 is 0. The van der Waals surface area contributed by atoms with Crippen molar-refractivity contribution in [3.63, 3.8) is 0 Å². The Hall–Kier alpha value is -0.960. The van der Waals surface area contributed by atoms with Crippen molar-refractivity contribution < 1.29 is 8.78 Å². The Bertz CT molecular complexity index is 374. The molecule has 1 N–H and O–H groups in total. The summed E-state index contributed by atoms with van der Waals surface area (Å²) in [5, 5.41) is 3.24. The predicted molar refractivity (Wildman–Crippen MR) is 55.7 cm³/mol. The van der Waals surface area contributed by atoms with Gasteiger partial charge in [-0.15, -0.1) is 0 Å². The van der Waals surface area contributed by atoms with Crippen LogP contribution in [0.15, 0.2) is 18.2 Å². The molecule has 1 nitrogen and oxygen atoms in total. The lowest BCUT2D eigenvalue weighted by molar-refractivity contribution is 0.354. The molecule has 82 valence electrons. The number of hydrogen-bond donors (Lipinski definition) is 1. The van der Waals surface area contributed by atoms with Gasteiger partial charge in [0.15, 0.2) is 0 Å². The fraction of sp³-hybridized carbons (Fsp3) is 0.500. The van der Waals surface area contributed by atoms with Crippen LogP contribution in [-0.2, 0) is 0 Å². The molecule has 1 aliphatic heterocycles. The van der Waals surface area contributed by atoms with Gasteiger partial charge in [0.1, 0.15) is 11.6 Å². The molecule has 1 aliphatic rings. The quantitative estimate of drug-likeness (QED) is 0.753. The predicted octanol–water partition coefficient (Wildman–Crippen LogP) is 2.68. The number of hydrogen-bond acceptors (Lipinski definition) is 1. The Kier molecular flexibility index (Phi) is 2.51. The number of rotatable bonds is 1. The largest absolute Gasteiger partial charge is 0.316 e. The van der Waals surface area contributed by atoms with Crippen LogP contribution in [0.2, 0.25) is 0 Å². The van der Waals surface area contributed by atoms with E-state index in [2.05, 4.69) is 19.2 Å². The number of nitrogens with one attached hydrogen (secondary N) is 1. The smallest absolute Gasteiger partial charge is 0.129 e. The highest BCUT2D eigenvalue weighted by Gasteiger charge is 2.36. The zero-order chi connectivity index (χ0) is 11.1. The maximum Gasteiger partial charge on any atom is 0.129 e. The van der Waals surface area contributed by atoms with E-state index in [1.807, 2.05) is 0 Å². The molecule has 1 atom stereocenters. The summed E-state index contributed by atoms with van der Waals surface area (Å²) in [6.07, 6.45) is 0. The Balaban J connectivity index is 2.37. The average Bonchev–Trinajstić information content (AvgIpc) is 2.46. The lowest BCUT2D eigenvalue weighted by atomic mass is 9.77. The first-order valence-corrected chi connectivity index (χ1v) is 5.16. The van der Waals surface area contributed by atoms with Crippen LogP contribution in [0.25, 0.3) is 0 Å². The molecule has 0 spiro atoms. The second-order valence-corrected chi connectivity index (χ2v) is 4.84. The summed E-state index contributed by atoms with van der Waals surface area (Å²) in [5.74, 6) is -0.824. The summed E-state index contributed by atoms with van der Waals surface area (Å²) < 4.78 is 26.3. The van der Waals surface area contributed by atoms with Crippen LogP contribution in [0, 0.1) is 17.0 Å². The molecule has 2 rings (SSSR count). The van der Waals surface area contributed by atoms with Crippen LogP contribution in [0.5, 0.6) is 0 Å². The highest BCUT2D eigenvalue weighted by atomic mass is 19.1. The van der Waals surface area contributed by atoms with E-state index in [9.17, 15) is 8.78 Å². The molecule has 1 aromatic carbocycles. The molecule has 0 saturated carbocycles. The molecule has 1 fully saturated rings. The van der Waals surface area contributed by atoms with E-state index in [0.29, 0.717) is 5.56 Å². The zero-order valence-corrected chi connectivity index (χ0v) is 8.98. The van der Waals surface area contributed by atoms with Gasteiger partial charge in [-0.2, -0.15) is 0 Å². The van der Waals surface area contributed by atoms with E-state index in [0.717, 1.165) is 19.2 Å². The summed E-state index contributed by atoms with van der Waals surface area (Å²) in [6, 6.07) is 3.85. The maximum absolute atomic E-state index is 13.6. The van der Waals surface area contributed by atoms with E-state index in [1.54, 1.807) is 6.07 Å². The van der Waals surface area contributed by atoms with Crippen LogP contribution in [0.1, 0.15) is 25.3 Å². The molecule has 0 amide bonds. The van der Waals surface area contributed by atoms with Gasteiger partial charge >= 0.3 is 0 Å². The van der Waals surface area contributed by atoms with Crippen molar-refractivity contribution in [2.24, 2.45) is 5.41 Å².